The van der Waals surface area contributed by atoms with Crippen LogP contribution in [0.25, 0.3) is 0 Å². The van der Waals surface area contributed by atoms with Gasteiger partial charge in [-0.25, -0.2) is 0 Å². The van der Waals surface area contributed by atoms with Gasteiger partial charge in [0.15, 0.2) is 0 Å². The Bertz CT molecular complexity index is 528. The summed E-state index contributed by atoms with van der Waals surface area (Å²) in [5, 5.41) is 10.1. The highest BCUT2D eigenvalue weighted by Gasteiger charge is 2.26. The van der Waals surface area contributed by atoms with Crippen molar-refractivity contribution < 1.29 is 4.79 Å². The molecule has 2 aliphatic heterocycles. The van der Waals surface area contributed by atoms with Crippen LogP contribution in [0.15, 0.2) is 0 Å². The molecule has 0 bridgehead atoms. The Hall–Kier alpha value is -1.40. The zero-order valence-electron chi connectivity index (χ0n) is 15.1. The molecule has 2 fully saturated rings. The molecule has 1 aromatic heterocycles. The number of carbonyl (C=O) groups excluding carboxylic acids is 1. The fraction of sp³-hybridized carbons (Fsp3) is 0.778. The van der Waals surface area contributed by atoms with Gasteiger partial charge in [0.25, 0.3) is 0 Å². The minimum atomic E-state index is 0.0686. The molecule has 0 aromatic carbocycles. The van der Waals surface area contributed by atoms with Crippen LogP contribution >= 0.6 is 0 Å². The molecule has 0 radical (unpaired) electrons. The normalized spacial score (nSPS) is 23.8. The number of aromatic nitrogens is 2. The number of H-pyrrole nitrogens is 1. The molecule has 6 nitrogen and oxygen atoms in total. The lowest BCUT2D eigenvalue weighted by Crippen LogP contribution is -2.50. The van der Waals surface area contributed by atoms with Crippen LogP contribution in [0.5, 0.6) is 0 Å². The van der Waals surface area contributed by atoms with E-state index in [4.69, 9.17) is 0 Å². The topological polar surface area (TPSA) is 64.3 Å². The van der Waals surface area contributed by atoms with E-state index in [0.717, 1.165) is 30.2 Å². The molecule has 3 rings (SSSR count). The molecule has 1 aromatic rings. The number of nitrogens with one attached hydrogen (secondary N) is 2. The maximum Gasteiger partial charge on any atom is 0.238 e. The molecule has 1 unspecified atom stereocenters. The quantitative estimate of drug-likeness (QED) is 0.887. The van der Waals surface area contributed by atoms with Crippen molar-refractivity contribution in [2.45, 2.75) is 58.4 Å². The van der Waals surface area contributed by atoms with Crippen LogP contribution in [0.2, 0.25) is 0 Å². The van der Waals surface area contributed by atoms with E-state index in [2.05, 4.69) is 25.3 Å². The van der Waals surface area contributed by atoms with Gasteiger partial charge in [-0.1, -0.05) is 12.8 Å². The average molecular weight is 333 g/mol. The largest absolute Gasteiger partial charge is 0.322 e. The minimum Gasteiger partial charge on any atom is -0.322 e. The number of carbonyl (C=O) groups is 1. The smallest absolute Gasteiger partial charge is 0.238 e. The molecular weight excluding hydrogens is 302 g/mol. The first kappa shape index (κ1) is 17.4. The molecule has 0 spiro atoms. The monoisotopic (exact) mass is 333 g/mol. The van der Waals surface area contributed by atoms with Crippen molar-refractivity contribution in [3.63, 3.8) is 0 Å². The molecule has 0 saturated carbocycles. The fourth-order valence-electron chi connectivity index (χ4n) is 4.05. The van der Waals surface area contributed by atoms with Gasteiger partial charge in [-0.15, -0.1) is 0 Å². The first-order chi connectivity index (χ1) is 11.6. The van der Waals surface area contributed by atoms with E-state index >= 15 is 0 Å². The predicted molar refractivity (Wildman–Crippen MR) is 96.2 cm³/mol. The highest BCUT2D eigenvalue weighted by atomic mass is 16.2. The van der Waals surface area contributed by atoms with E-state index < -0.39 is 0 Å². The SMILES string of the molecule is Cc1n[nH]c(C)c1NC(=O)CN1CCCC(N2CCCCCC2)C1. The van der Waals surface area contributed by atoms with Crippen LogP contribution in [0.3, 0.4) is 0 Å². The minimum absolute atomic E-state index is 0.0686. The van der Waals surface area contributed by atoms with E-state index in [1.165, 1.54) is 51.6 Å². The summed E-state index contributed by atoms with van der Waals surface area (Å²) in [5.41, 5.74) is 2.60. The van der Waals surface area contributed by atoms with Crippen LogP contribution in [0, 0.1) is 13.8 Å². The van der Waals surface area contributed by atoms with Gasteiger partial charge in [0.05, 0.1) is 23.6 Å². The average Bonchev–Trinajstić information content (AvgIpc) is 2.80. The Morgan fingerprint density at radius 1 is 1.17 bits per heavy atom. The molecular formula is C18H31N5O. The van der Waals surface area contributed by atoms with Gasteiger partial charge in [-0.05, 0) is 59.2 Å². The lowest BCUT2D eigenvalue weighted by molar-refractivity contribution is -0.117. The number of anilines is 1. The summed E-state index contributed by atoms with van der Waals surface area (Å²) in [5.74, 6) is 0.0686. The van der Waals surface area contributed by atoms with Crippen molar-refractivity contribution in [3.8, 4) is 0 Å². The van der Waals surface area contributed by atoms with Crippen LogP contribution in [-0.4, -0.2) is 64.7 Å². The van der Waals surface area contributed by atoms with Crippen molar-refractivity contribution in [2.75, 3.05) is 38.0 Å². The number of likely N-dealkylation sites (tertiary alicyclic amines) is 2. The lowest BCUT2D eigenvalue weighted by Gasteiger charge is -2.38. The third-order valence-corrected chi connectivity index (χ3v) is 5.40. The summed E-state index contributed by atoms with van der Waals surface area (Å²) in [6.45, 7) is 8.85. The number of piperidine rings is 1. The molecule has 1 atom stereocenters. The number of hydrogen-bond acceptors (Lipinski definition) is 4. The third kappa shape index (κ3) is 4.36. The third-order valence-electron chi connectivity index (χ3n) is 5.40. The first-order valence-corrected chi connectivity index (χ1v) is 9.41. The number of aryl methyl sites for hydroxylation is 2. The van der Waals surface area contributed by atoms with Crippen LogP contribution in [0.4, 0.5) is 5.69 Å². The predicted octanol–water partition coefficient (Wildman–Crippen LogP) is 2.31. The van der Waals surface area contributed by atoms with Gasteiger partial charge in [-0.2, -0.15) is 5.10 Å². The summed E-state index contributed by atoms with van der Waals surface area (Å²) in [4.78, 5) is 17.4. The van der Waals surface area contributed by atoms with E-state index in [-0.39, 0.29) is 5.91 Å². The summed E-state index contributed by atoms with van der Waals surface area (Å²) < 4.78 is 0. The van der Waals surface area contributed by atoms with Crippen molar-refractivity contribution in [2.24, 2.45) is 0 Å². The molecule has 2 N–H and O–H groups in total. The maximum atomic E-state index is 12.4. The second kappa shape index (κ2) is 8.12. The van der Waals surface area contributed by atoms with Gasteiger partial charge >= 0.3 is 0 Å². The van der Waals surface area contributed by atoms with Crippen LogP contribution < -0.4 is 5.32 Å². The van der Waals surface area contributed by atoms with Gasteiger partial charge in [0.2, 0.25) is 5.91 Å². The van der Waals surface area contributed by atoms with Crippen molar-refractivity contribution in [1.82, 2.24) is 20.0 Å². The molecule has 6 heteroatoms. The van der Waals surface area contributed by atoms with Gasteiger partial charge in [0.1, 0.15) is 0 Å². The Balaban J connectivity index is 1.52. The fourth-order valence-corrected chi connectivity index (χ4v) is 4.05. The molecule has 24 heavy (non-hydrogen) atoms. The van der Waals surface area contributed by atoms with E-state index in [1.54, 1.807) is 0 Å². The highest BCUT2D eigenvalue weighted by molar-refractivity contribution is 5.93. The van der Waals surface area contributed by atoms with Gasteiger partial charge < -0.3 is 5.32 Å². The van der Waals surface area contributed by atoms with Crippen LogP contribution in [0.1, 0.15) is 49.9 Å². The zero-order valence-corrected chi connectivity index (χ0v) is 15.1. The molecule has 2 saturated heterocycles. The number of hydrogen-bond donors (Lipinski definition) is 2. The van der Waals surface area contributed by atoms with Crippen molar-refractivity contribution in [3.05, 3.63) is 11.4 Å². The Morgan fingerprint density at radius 3 is 2.58 bits per heavy atom. The molecule has 1 amide bonds. The zero-order chi connectivity index (χ0) is 16.9. The molecule has 134 valence electrons. The summed E-state index contributed by atoms with van der Waals surface area (Å²) in [6, 6.07) is 0.627. The number of aromatic amines is 1. The number of rotatable bonds is 4. The van der Waals surface area contributed by atoms with Crippen molar-refractivity contribution >= 4 is 11.6 Å². The van der Waals surface area contributed by atoms with Gasteiger partial charge in [0, 0.05) is 12.6 Å². The summed E-state index contributed by atoms with van der Waals surface area (Å²) >= 11 is 0. The highest BCUT2D eigenvalue weighted by Crippen LogP contribution is 2.20. The standard InChI is InChI=1S/C18H31N5O/c1-14-18(15(2)21-20-14)19-17(24)13-22-9-7-8-16(12-22)23-10-5-3-4-6-11-23/h16H,3-13H2,1-2H3,(H,19,24)(H,20,21). The number of nitrogens with zero attached hydrogens (tertiary/aromatic N) is 3. The van der Waals surface area contributed by atoms with E-state index in [0.29, 0.717) is 12.6 Å². The van der Waals surface area contributed by atoms with Crippen molar-refractivity contribution in [1.29, 1.82) is 0 Å². The van der Waals surface area contributed by atoms with E-state index in [9.17, 15) is 4.79 Å². The maximum absolute atomic E-state index is 12.4. The Kier molecular flexibility index (Phi) is 5.89. The first-order valence-electron chi connectivity index (χ1n) is 9.41. The van der Waals surface area contributed by atoms with Crippen LogP contribution in [-0.2, 0) is 4.79 Å². The Morgan fingerprint density at radius 2 is 1.92 bits per heavy atom. The Labute approximate surface area is 145 Å². The van der Waals surface area contributed by atoms with E-state index in [1.807, 2.05) is 13.8 Å². The molecule has 0 aliphatic carbocycles. The second-order valence-corrected chi connectivity index (χ2v) is 7.34. The summed E-state index contributed by atoms with van der Waals surface area (Å²) in [6.07, 6.45) is 7.87. The van der Waals surface area contributed by atoms with Gasteiger partial charge in [-0.3, -0.25) is 19.7 Å². The number of amides is 1. The lowest BCUT2D eigenvalue weighted by atomic mass is 10.0. The molecule has 2 aliphatic rings. The summed E-state index contributed by atoms with van der Waals surface area (Å²) in [7, 11) is 0. The molecule has 3 heterocycles. The second-order valence-electron chi connectivity index (χ2n) is 7.34.